The maximum Gasteiger partial charge on any atom is 0.165 e. The van der Waals surface area contributed by atoms with Gasteiger partial charge in [-0.05, 0) is 26.7 Å². The van der Waals surface area contributed by atoms with Crippen molar-refractivity contribution < 1.29 is 14.6 Å². The molecule has 110 valence electrons. The van der Waals surface area contributed by atoms with Gasteiger partial charge in [0.2, 0.25) is 0 Å². The summed E-state index contributed by atoms with van der Waals surface area (Å²) in [5, 5.41) is 9.97. The second-order valence-corrected chi connectivity index (χ2v) is 6.23. The molecule has 1 saturated carbocycles. The van der Waals surface area contributed by atoms with Crippen LogP contribution in [0.15, 0.2) is 30.3 Å². The van der Waals surface area contributed by atoms with Crippen LogP contribution in [0.2, 0.25) is 0 Å². The lowest BCUT2D eigenvalue weighted by Gasteiger charge is -2.35. The van der Waals surface area contributed by atoms with Crippen LogP contribution in [0, 0.1) is 0 Å². The van der Waals surface area contributed by atoms with E-state index in [0.717, 1.165) is 25.7 Å². The van der Waals surface area contributed by atoms with Gasteiger partial charge in [-0.1, -0.05) is 43.2 Å². The summed E-state index contributed by atoms with van der Waals surface area (Å²) < 4.78 is 6.01. The summed E-state index contributed by atoms with van der Waals surface area (Å²) in [5.41, 5.74) is 0.170. The van der Waals surface area contributed by atoms with E-state index in [1.165, 1.54) is 0 Å². The van der Waals surface area contributed by atoms with Gasteiger partial charge in [0.15, 0.2) is 5.78 Å². The Bertz CT molecular complexity index is 439. The van der Waals surface area contributed by atoms with Gasteiger partial charge < -0.3 is 9.84 Å². The molecule has 1 aliphatic rings. The highest BCUT2D eigenvalue weighted by atomic mass is 16.5. The van der Waals surface area contributed by atoms with Crippen molar-refractivity contribution in [3.63, 3.8) is 0 Å². The number of carbonyl (C=O) groups excluding carboxylic acids is 1. The highest BCUT2D eigenvalue weighted by molar-refractivity contribution is 5.96. The van der Waals surface area contributed by atoms with Crippen LogP contribution < -0.4 is 0 Å². The fourth-order valence-corrected chi connectivity index (χ4v) is 2.78. The fourth-order valence-electron chi connectivity index (χ4n) is 2.78. The van der Waals surface area contributed by atoms with E-state index in [4.69, 9.17) is 4.74 Å². The van der Waals surface area contributed by atoms with Gasteiger partial charge in [0, 0.05) is 12.0 Å². The van der Waals surface area contributed by atoms with Crippen LogP contribution in [0.4, 0.5) is 0 Å². The molecule has 0 aromatic heterocycles. The summed E-state index contributed by atoms with van der Waals surface area (Å²) in [7, 11) is 0. The first-order chi connectivity index (χ1) is 9.48. The van der Waals surface area contributed by atoms with E-state index in [2.05, 4.69) is 0 Å². The van der Waals surface area contributed by atoms with E-state index in [9.17, 15) is 9.90 Å². The summed E-state index contributed by atoms with van der Waals surface area (Å²) in [6.07, 6.45) is 3.63. The van der Waals surface area contributed by atoms with Gasteiger partial charge in [-0.25, -0.2) is 0 Å². The smallest absolute Gasteiger partial charge is 0.165 e. The number of benzene rings is 1. The van der Waals surface area contributed by atoms with Crippen molar-refractivity contribution in [3.8, 4) is 0 Å². The molecule has 20 heavy (non-hydrogen) atoms. The van der Waals surface area contributed by atoms with Crippen LogP contribution in [-0.2, 0) is 4.74 Å². The van der Waals surface area contributed by atoms with Gasteiger partial charge in [0.25, 0.3) is 0 Å². The Hall–Kier alpha value is -1.19. The summed E-state index contributed by atoms with van der Waals surface area (Å²) in [5.74, 6) is 0.0842. The number of aliphatic hydroxyl groups excluding tert-OH is 1. The Morgan fingerprint density at radius 2 is 1.90 bits per heavy atom. The lowest BCUT2D eigenvalue weighted by atomic mass is 9.92. The van der Waals surface area contributed by atoms with Crippen LogP contribution in [0.25, 0.3) is 0 Å². The van der Waals surface area contributed by atoms with Gasteiger partial charge in [-0.3, -0.25) is 4.79 Å². The summed E-state index contributed by atoms with van der Waals surface area (Å²) in [6.45, 7) is 3.85. The van der Waals surface area contributed by atoms with E-state index in [0.29, 0.717) is 12.0 Å². The zero-order valence-electron chi connectivity index (χ0n) is 12.3. The normalized spacial score (nSPS) is 23.6. The van der Waals surface area contributed by atoms with E-state index in [-0.39, 0.29) is 11.9 Å². The number of ketones is 1. The van der Waals surface area contributed by atoms with Gasteiger partial charge >= 0.3 is 0 Å². The molecular weight excluding hydrogens is 252 g/mol. The molecule has 0 aliphatic heterocycles. The number of carbonyl (C=O) groups is 1. The van der Waals surface area contributed by atoms with Crippen molar-refractivity contribution in [2.75, 3.05) is 0 Å². The summed E-state index contributed by atoms with van der Waals surface area (Å²) in [6, 6.07) is 9.29. The minimum atomic E-state index is -0.546. The minimum Gasteiger partial charge on any atom is -0.390 e. The molecule has 2 rings (SSSR count). The van der Waals surface area contributed by atoms with Gasteiger partial charge in [0.1, 0.15) is 0 Å². The lowest BCUT2D eigenvalue weighted by molar-refractivity contribution is -0.130. The quantitative estimate of drug-likeness (QED) is 0.839. The molecule has 0 heterocycles. The highest BCUT2D eigenvalue weighted by Gasteiger charge is 2.32. The number of Topliss-reactive ketones (excluding diaryl/α,β-unsaturated/α-hetero) is 1. The molecule has 1 aromatic rings. The topological polar surface area (TPSA) is 46.5 Å². The van der Waals surface area contributed by atoms with Crippen molar-refractivity contribution in [1.82, 2.24) is 0 Å². The molecule has 0 bridgehead atoms. The number of aliphatic hydroxyl groups is 1. The third kappa shape index (κ3) is 4.15. The number of hydrogen-bond donors (Lipinski definition) is 1. The number of rotatable bonds is 5. The third-order valence-corrected chi connectivity index (χ3v) is 3.82. The van der Waals surface area contributed by atoms with Gasteiger partial charge in [-0.2, -0.15) is 0 Å². The molecule has 0 spiro atoms. The van der Waals surface area contributed by atoms with E-state index >= 15 is 0 Å². The first-order valence-electron chi connectivity index (χ1n) is 7.42. The van der Waals surface area contributed by atoms with Crippen LogP contribution in [0.5, 0.6) is 0 Å². The molecule has 1 aromatic carbocycles. The summed E-state index contributed by atoms with van der Waals surface area (Å²) in [4.78, 5) is 12.2. The predicted molar refractivity (Wildman–Crippen MR) is 78.8 cm³/mol. The molecule has 1 fully saturated rings. The Balaban J connectivity index is 1.94. The molecular formula is C17H24O3. The average molecular weight is 276 g/mol. The fraction of sp³-hybridized carbons (Fsp3) is 0.588. The first-order valence-corrected chi connectivity index (χ1v) is 7.42. The van der Waals surface area contributed by atoms with E-state index in [1.54, 1.807) is 0 Å². The average Bonchev–Trinajstić information content (AvgIpc) is 2.41. The van der Waals surface area contributed by atoms with Crippen LogP contribution in [0.1, 0.15) is 56.3 Å². The van der Waals surface area contributed by atoms with Crippen molar-refractivity contribution >= 4 is 5.78 Å². The maximum absolute atomic E-state index is 12.2. The standard InChI is InChI=1S/C17H24O3/c1-17(2,20-16-11-7-6-10-14(16)18)12-15(19)13-8-4-3-5-9-13/h3-5,8-9,14,16,18H,6-7,10-12H2,1-2H3. The third-order valence-electron chi connectivity index (χ3n) is 3.82. The molecule has 0 radical (unpaired) electrons. The van der Waals surface area contributed by atoms with Crippen LogP contribution in [-0.4, -0.2) is 28.7 Å². The number of hydrogen-bond acceptors (Lipinski definition) is 3. The molecule has 0 saturated heterocycles. The van der Waals surface area contributed by atoms with Crippen molar-refractivity contribution in [3.05, 3.63) is 35.9 Å². The van der Waals surface area contributed by atoms with Gasteiger partial charge in [0.05, 0.1) is 17.8 Å². The Morgan fingerprint density at radius 1 is 1.25 bits per heavy atom. The Labute approximate surface area is 121 Å². The molecule has 1 N–H and O–H groups in total. The van der Waals surface area contributed by atoms with E-state index in [1.807, 2.05) is 44.2 Å². The van der Waals surface area contributed by atoms with Crippen molar-refractivity contribution in [2.45, 2.75) is 63.8 Å². The van der Waals surface area contributed by atoms with Gasteiger partial charge in [-0.15, -0.1) is 0 Å². The second-order valence-electron chi connectivity index (χ2n) is 6.23. The molecule has 1 aliphatic carbocycles. The summed E-state index contributed by atoms with van der Waals surface area (Å²) >= 11 is 0. The largest absolute Gasteiger partial charge is 0.390 e. The molecule has 3 nitrogen and oxygen atoms in total. The molecule has 2 atom stereocenters. The molecule has 2 unspecified atom stereocenters. The SMILES string of the molecule is CC(C)(CC(=O)c1ccccc1)OC1CCCCC1O. The van der Waals surface area contributed by atoms with E-state index < -0.39 is 11.7 Å². The monoisotopic (exact) mass is 276 g/mol. The van der Waals surface area contributed by atoms with Crippen LogP contribution in [0.3, 0.4) is 0 Å². The molecule has 0 amide bonds. The zero-order valence-corrected chi connectivity index (χ0v) is 12.3. The lowest BCUT2D eigenvalue weighted by Crippen LogP contribution is -2.40. The zero-order chi connectivity index (χ0) is 14.6. The Kier molecular flexibility index (Phi) is 4.95. The molecule has 3 heteroatoms. The van der Waals surface area contributed by atoms with Crippen molar-refractivity contribution in [2.24, 2.45) is 0 Å². The highest BCUT2D eigenvalue weighted by Crippen LogP contribution is 2.28. The minimum absolute atomic E-state index is 0.0842. The van der Waals surface area contributed by atoms with Crippen molar-refractivity contribution in [1.29, 1.82) is 0 Å². The predicted octanol–water partition coefficient (Wildman–Crippen LogP) is 3.36. The number of ether oxygens (including phenoxy) is 1. The first kappa shape index (κ1) is 15.2. The maximum atomic E-state index is 12.2. The van der Waals surface area contributed by atoms with Crippen LogP contribution >= 0.6 is 0 Å². The Morgan fingerprint density at radius 3 is 2.55 bits per heavy atom. The second kappa shape index (κ2) is 6.51.